The number of alkyl halides is 3. The number of methoxy groups -OCH3 is 1. The maximum atomic E-state index is 13.2. The smallest absolute Gasteiger partial charge is 0.371 e. The van der Waals surface area contributed by atoms with E-state index >= 15 is 0 Å². The van der Waals surface area contributed by atoms with Crippen molar-refractivity contribution in [3.63, 3.8) is 0 Å². The first-order valence-electron chi connectivity index (χ1n) is 11.0. The molecular weight excluding hydrogens is 509 g/mol. The minimum atomic E-state index is -4.77. The van der Waals surface area contributed by atoms with Crippen LogP contribution < -0.4 is 15.8 Å². The summed E-state index contributed by atoms with van der Waals surface area (Å²) in [6.45, 7) is 0. The van der Waals surface area contributed by atoms with E-state index in [2.05, 4.69) is 20.5 Å². The van der Waals surface area contributed by atoms with E-state index in [0.717, 1.165) is 24.0 Å². The summed E-state index contributed by atoms with van der Waals surface area (Å²) < 4.78 is 45.7. The number of nitrogens with one attached hydrogen (secondary N) is 2. The first-order valence-corrected chi connectivity index (χ1v) is 11.0. The second kappa shape index (κ2) is 9.32. The summed E-state index contributed by atoms with van der Waals surface area (Å²) >= 11 is 0. The van der Waals surface area contributed by atoms with Crippen molar-refractivity contribution < 1.29 is 32.9 Å². The molecule has 3 aromatic heterocycles. The van der Waals surface area contributed by atoms with Crippen LogP contribution in [-0.2, 0) is 18.0 Å². The molecule has 1 aliphatic heterocycles. The summed E-state index contributed by atoms with van der Waals surface area (Å²) in [6, 6.07) is -0.257. The maximum Gasteiger partial charge on any atom is 0.417 e. The average molecular weight is 531 g/mol. The molecule has 4 heterocycles. The van der Waals surface area contributed by atoms with Crippen LogP contribution in [0, 0.1) is 0 Å². The molecule has 0 saturated carbocycles. The van der Waals surface area contributed by atoms with Crippen molar-refractivity contribution in [3.8, 4) is 0 Å². The molecule has 12 nitrogen and oxygen atoms in total. The van der Waals surface area contributed by atoms with Gasteiger partial charge in [-0.2, -0.15) is 18.3 Å². The third-order valence-corrected chi connectivity index (χ3v) is 6.37. The Morgan fingerprint density at radius 2 is 2.00 bits per heavy atom. The van der Waals surface area contributed by atoms with Gasteiger partial charge >= 0.3 is 12.2 Å². The Morgan fingerprint density at radius 3 is 2.63 bits per heavy atom. The van der Waals surface area contributed by atoms with Gasteiger partial charge in [0.25, 0.3) is 11.5 Å². The Kier molecular flexibility index (Phi) is 6.74. The summed E-state index contributed by atoms with van der Waals surface area (Å²) in [4.78, 5) is 31.4. The molecule has 2 amide bonds. The predicted octanol–water partition coefficient (Wildman–Crippen LogP) is 0.0622. The van der Waals surface area contributed by atoms with Gasteiger partial charge in [0.2, 0.25) is 0 Å². The molecule has 4 radical (unpaired) electrons. The number of carbonyl (C=O) groups is 1. The van der Waals surface area contributed by atoms with Gasteiger partial charge in [0.05, 0.1) is 45.4 Å². The van der Waals surface area contributed by atoms with Gasteiger partial charge in [-0.25, -0.2) is 9.78 Å². The number of hydrogen-bond donors (Lipinski definition) is 4. The molecule has 4 N–H and O–H groups in total. The lowest BCUT2D eigenvalue weighted by Crippen LogP contribution is -2.77. The predicted molar refractivity (Wildman–Crippen MR) is 130 cm³/mol. The first-order chi connectivity index (χ1) is 17.6. The van der Waals surface area contributed by atoms with Gasteiger partial charge in [0.15, 0.2) is 11.8 Å². The normalized spacial score (nSPS) is 20.9. The van der Waals surface area contributed by atoms with Crippen LogP contribution in [0.4, 0.5) is 29.3 Å². The van der Waals surface area contributed by atoms with Crippen molar-refractivity contribution in [1.29, 1.82) is 0 Å². The van der Waals surface area contributed by atoms with Crippen molar-refractivity contribution in [2.75, 3.05) is 24.4 Å². The molecule has 38 heavy (non-hydrogen) atoms. The molecule has 0 spiro atoms. The van der Waals surface area contributed by atoms with E-state index in [-0.39, 0.29) is 12.1 Å². The number of ether oxygens (including phenoxy) is 1. The zero-order valence-corrected chi connectivity index (χ0v) is 20.4. The molecule has 4 rings (SSSR count). The molecule has 17 heteroatoms. The van der Waals surface area contributed by atoms with Crippen LogP contribution in [-0.4, -0.2) is 94.1 Å². The Morgan fingerprint density at radius 1 is 1.32 bits per heavy atom. The van der Waals surface area contributed by atoms with Crippen molar-refractivity contribution in [2.24, 2.45) is 7.05 Å². The number of piperidine rings is 1. The SMILES string of the molecule is [B]C1([B])CC(N(C)C(=O)Nc2cc(C(F)(F)F)cn(C)c2=O)C(OC)C(O)(O)N1c1cnc2[nH]ncc2c1. The van der Waals surface area contributed by atoms with Crippen molar-refractivity contribution in [2.45, 2.75) is 36.0 Å². The fraction of sp³-hybridized carbons (Fsp3) is 0.429. The molecule has 0 aromatic carbocycles. The average Bonchev–Trinajstić information content (AvgIpc) is 3.27. The number of carbonyl (C=O) groups excluding carboxylic acids is 1. The Labute approximate surface area is 216 Å². The number of aromatic amines is 1. The van der Waals surface area contributed by atoms with Gasteiger partial charge in [-0.1, -0.05) is 0 Å². The topological polar surface area (TPSA) is 149 Å². The van der Waals surface area contributed by atoms with E-state index in [1.807, 2.05) is 0 Å². The standard InChI is InChI=1S/C21H22B2F3N7O5/c1-31-9-11(20(24,25)26)5-13(17(31)34)29-18(35)32(2)14-6-19(22,23)33(21(36,37)15(14)38-3)12-4-10-7-28-30-16(10)27-8-12/h4-5,7-9,14-15,36-37H,6H2,1-3H3,(H,29,35)(H,27,28,30). The van der Waals surface area contributed by atoms with Gasteiger partial charge < -0.3 is 34.6 Å². The van der Waals surface area contributed by atoms with E-state index in [0.29, 0.717) is 27.9 Å². The minimum absolute atomic E-state index is 0.106. The molecule has 0 aliphatic carbocycles. The molecule has 0 bridgehead atoms. The number of aryl methyl sites for hydroxylation is 1. The molecule has 2 atom stereocenters. The number of halogens is 3. The van der Waals surface area contributed by atoms with Crippen LogP contribution in [0.25, 0.3) is 11.0 Å². The lowest BCUT2D eigenvalue weighted by molar-refractivity contribution is -0.258. The largest absolute Gasteiger partial charge is 0.417 e. The number of rotatable bonds is 4. The van der Waals surface area contributed by atoms with Crippen molar-refractivity contribution in [1.82, 2.24) is 24.6 Å². The highest BCUT2D eigenvalue weighted by Crippen LogP contribution is 2.40. The fourth-order valence-corrected chi connectivity index (χ4v) is 4.57. The number of aromatic nitrogens is 4. The van der Waals surface area contributed by atoms with Gasteiger partial charge in [-0.15, -0.1) is 0 Å². The molecular formula is C21H22B2F3N7O5. The summed E-state index contributed by atoms with van der Waals surface area (Å²) in [7, 11) is 16.1. The van der Waals surface area contributed by atoms with Gasteiger partial charge in [0.1, 0.15) is 5.69 Å². The van der Waals surface area contributed by atoms with Gasteiger partial charge in [-0.3, -0.25) is 9.89 Å². The van der Waals surface area contributed by atoms with E-state index in [1.54, 1.807) is 0 Å². The quantitative estimate of drug-likeness (QED) is 0.273. The van der Waals surface area contributed by atoms with E-state index in [9.17, 15) is 33.0 Å². The zero-order valence-electron chi connectivity index (χ0n) is 20.4. The Balaban J connectivity index is 1.65. The first kappa shape index (κ1) is 27.5. The highest BCUT2D eigenvalue weighted by molar-refractivity contribution is 6.42. The minimum Gasteiger partial charge on any atom is -0.371 e. The molecule has 198 valence electrons. The van der Waals surface area contributed by atoms with Crippen LogP contribution in [0.1, 0.15) is 12.0 Å². The number of nitrogens with zero attached hydrogens (tertiary/aromatic N) is 5. The summed E-state index contributed by atoms with van der Waals surface area (Å²) in [5, 5.41) is 29.6. The lowest BCUT2D eigenvalue weighted by atomic mass is 9.54. The molecule has 1 fully saturated rings. The van der Waals surface area contributed by atoms with Crippen LogP contribution in [0.5, 0.6) is 0 Å². The Hall–Kier alpha value is -3.56. The van der Waals surface area contributed by atoms with E-state index < -0.39 is 52.4 Å². The summed E-state index contributed by atoms with van der Waals surface area (Å²) in [5.41, 5.74) is -2.17. The fourth-order valence-electron chi connectivity index (χ4n) is 4.57. The number of likely N-dealkylation sites (N-methyl/N-ethyl adjacent to an activating group) is 1. The summed E-state index contributed by atoms with van der Waals surface area (Å²) in [5.74, 6) is -2.90. The van der Waals surface area contributed by atoms with Gasteiger partial charge in [-0.05, 0) is 23.9 Å². The number of pyridine rings is 2. The highest BCUT2D eigenvalue weighted by atomic mass is 19.4. The third-order valence-electron chi connectivity index (χ3n) is 6.37. The summed E-state index contributed by atoms with van der Waals surface area (Å²) in [6.07, 6.45) is -3.30. The van der Waals surface area contributed by atoms with Crippen molar-refractivity contribution in [3.05, 3.63) is 46.6 Å². The van der Waals surface area contributed by atoms with E-state index in [4.69, 9.17) is 20.4 Å². The lowest BCUT2D eigenvalue weighted by Gasteiger charge is -2.58. The third kappa shape index (κ3) is 4.72. The molecule has 3 aromatic rings. The number of H-pyrrole nitrogens is 1. The van der Waals surface area contributed by atoms with Crippen LogP contribution in [0.3, 0.4) is 0 Å². The zero-order chi connectivity index (χ0) is 28.2. The molecule has 1 aliphatic rings. The number of fused-ring (bicyclic) bond motifs is 1. The van der Waals surface area contributed by atoms with Crippen LogP contribution >= 0.6 is 0 Å². The second-order valence-corrected chi connectivity index (χ2v) is 9.04. The number of urea groups is 1. The van der Waals surface area contributed by atoms with Gasteiger partial charge in [0, 0.05) is 32.8 Å². The van der Waals surface area contributed by atoms with E-state index in [1.165, 1.54) is 25.5 Å². The number of anilines is 2. The number of amides is 2. The number of hydrogen-bond acceptors (Lipinski definition) is 8. The highest BCUT2D eigenvalue weighted by Gasteiger charge is 2.57. The Bertz CT molecular complexity index is 1430. The van der Waals surface area contributed by atoms with Crippen molar-refractivity contribution >= 4 is 44.1 Å². The van der Waals surface area contributed by atoms with Crippen LogP contribution in [0.15, 0.2) is 35.5 Å². The number of aliphatic hydroxyl groups is 2. The van der Waals surface area contributed by atoms with Crippen LogP contribution in [0.2, 0.25) is 0 Å². The maximum absolute atomic E-state index is 13.2. The molecule has 1 saturated heterocycles. The molecule has 2 unspecified atom stereocenters. The second-order valence-electron chi connectivity index (χ2n) is 9.04. The monoisotopic (exact) mass is 531 g/mol.